The number of aromatic nitrogens is 5. The molecule has 0 saturated carbocycles. The molecule has 0 bridgehead atoms. The number of nitrogens with zero attached hydrogens (tertiary/aromatic N) is 5. The summed E-state index contributed by atoms with van der Waals surface area (Å²) < 4.78 is 5.73. The molecular weight excluding hydrogens is 629 g/mol. The molecule has 0 radical (unpaired) electrons. The predicted molar refractivity (Wildman–Crippen MR) is 190 cm³/mol. The molecule has 0 aliphatic heterocycles. The third-order valence-corrected chi connectivity index (χ3v) is 10.2. The minimum atomic E-state index is -0.651. The fourth-order valence-corrected chi connectivity index (χ4v) is 7.49. The van der Waals surface area contributed by atoms with E-state index in [-0.39, 0.29) is 27.9 Å². The van der Waals surface area contributed by atoms with Crippen molar-refractivity contribution in [3.05, 3.63) is 129 Å². The highest BCUT2D eigenvalue weighted by atomic mass is 32.2. The summed E-state index contributed by atoms with van der Waals surface area (Å²) in [7, 11) is 1.78. The number of anilines is 1. The topological polar surface area (TPSA) is 104 Å². The van der Waals surface area contributed by atoms with Crippen molar-refractivity contribution < 1.29 is 4.79 Å². The first-order valence-electron chi connectivity index (χ1n) is 15.0. The van der Waals surface area contributed by atoms with Crippen LogP contribution in [-0.2, 0) is 11.8 Å². The maximum Gasteiger partial charge on any atom is 0.296 e. The van der Waals surface area contributed by atoms with E-state index in [1.165, 1.54) is 14.8 Å². The maximum absolute atomic E-state index is 14.0. The zero-order chi connectivity index (χ0) is 32.8. The molecule has 1 unspecified atom stereocenters. The highest BCUT2D eigenvalue weighted by molar-refractivity contribution is 8.00. The number of para-hydroxylation sites is 2. The van der Waals surface area contributed by atoms with Gasteiger partial charge >= 0.3 is 0 Å². The molecule has 0 aliphatic rings. The molecule has 3 heterocycles. The van der Waals surface area contributed by atoms with Gasteiger partial charge in [0.2, 0.25) is 5.91 Å². The van der Waals surface area contributed by atoms with Crippen molar-refractivity contribution in [2.45, 2.75) is 31.2 Å². The normalized spacial score (nSPS) is 12.1. The van der Waals surface area contributed by atoms with Crippen LogP contribution in [0.3, 0.4) is 0 Å². The molecule has 0 spiro atoms. The largest absolute Gasteiger partial charge is 0.325 e. The Kier molecular flexibility index (Phi) is 7.86. The Balaban J connectivity index is 1.20. The number of carbonyl (C=O) groups excluding carboxylic acids is 1. The first kappa shape index (κ1) is 30.4. The van der Waals surface area contributed by atoms with E-state index < -0.39 is 5.25 Å². The molecule has 3 aromatic heterocycles. The Labute approximate surface area is 278 Å². The Morgan fingerprint density at radius 2 is 1.57 bits per heavy atom. The van der Waals surface area contributed by atoms with Crippen LogP contribution in [0.1, 0.15) is 18.2 Å². The molecule has 1 atom stereocenters. The number of carbonyl (C=O) groups is 1. The van der Waals surface area contributed by atoms with Crippen molar-refractivity contribution in [1.82, 2.24) is 23.9 Å². The molecule has 11 heteroatoms. The smallest absolute Gasteiger partial charge is 0.296 e. The molecule has 234 valence electrons. The Bertz CT molecular complexity index is 2420. The average molecular weight is 659 g/mol. The van der Waals surface area contributed by atoms with Crippen molar-refractivity contribution in [2.75, 3.05) is 5.32 Å². The zero-order valence-electron chi connectivity index (χ0n) is 26.1. The second-order valence-corrected chi connectivity index (χ2v) is 13.6. The van der Waals surface area contributed by atoms with Gasteiger partial charge in [-0.1, -0.05) is 48.2 Å². The lowest BCUT2D eigenvalue weighted by Crippen LogP contribution is -2.30. The first-order valence-corrected chi connectivity index (χ1v) is 16.7. The van der Waals surface area contributed by atoms with Gasteiger partial charge in [0.05, 0.1) is 37.8 Å². The number of benzene rings is 4. The standard InChI is InChI=1S/C36H30N6O3S2/c1-21-14-19-29-30(20-21)47-33(38-29)24-15-17-25(18-16-24)37-32(43)23(3)46-36-39-28-13-9-8-12-27(28)34(44)41(36)31-22(2)40(4)42(35(31)45)26-10-6-5-7-11-26/h5-20,23H,1-4H3,(H,37,43). The lowest BCUT2D eigenvalue weighted by atomic mass is 10.2. The van der Waals surface area contributed by atoms with Crippen LogP contribution in [0.4, 0.5) is 5.69 Å². The number of hydrogen-bond donors (Lipinski definition) is 1. The maximum atomic E-state index is 14.0. The van der Waals surface area contributed by atoms with Gasteiger partial charge in [-0.25, -0.2) is 19.2 Å². The van der Waals surface area contributed by atoms with Crippen molar-refractivity contribution in [3.63, 3.8) is 0 Å². The SMILES string of the molecule is Cc1ccc2nc(-c3ccc(NC(=O)C(C)Sc4nc5ccccc5c(=O)n4-c4c(C)n(C)n(-c5ccccc5)c4=O)cc3)sc2c1. The minimum Gasteiger partial charge on any atom is -0.325 e. The molecule has 4 aromatic carbocycles. The lowest BCUT2D eigenvalue weighted by molar-refractivity contribution is -0.115. The van der Waals surface area contributed by atoms with E-state index >= 15 is 0 Å². The number of thiazole rings is 1. The monoisotopic (exact) mass is 658 g/mol. The number of amides is 1. The van der Waals surface area contributed by atoms with Gasteiger partial charge in [-0.3, -0.25) is 19.1 Å². The number of thioether (sulfide) groups is 1. The Morgan fingerprint density at radius 1 is 0.851 bits per heavy atom. The van der Waals surface area contributed by atoms with Crippen LogP contribution in [0.2, 0.25) is 0 Å². The van der Waals surface area contributed by atoms with Gasteiger partial charge < -0.3 is 5.32 Å². The predicted octanol–water partition coefficient (Wildman–Crippen LogP) is 6.89. The fraction of sp³-hybridized carbons (Fsp3) is 0.139. The summed E-state index contributed by atoms with van der Waals surface area (Å²) in [5.41, 5.74) is 4.94. The highest BCUT2D eigenvalue weighted by Gasteiger charge is 2.26. The number of fused-ring (bicyclic) bond motifs is 2. The van der Waals surface area contributed by atoms with Gasteiger partial charge in [0.15, 0.2) is 5.16 Å². The first-order chi connectivity index (χ1) is 22.7. The second kappa shape index (κ2) is 12.2. The third kappa shape index (κ3) is 5.57. The van der Waals surface area contributed by atoms with Crippen molar-refractivity contribution >= 4 is 55.8 Å². The Morgan fingerprint density at radius 3 is 2.34 bits per heavy atom. The summed E-state index contributed by atoms with van der Waals surface area (Å²) in [6, 6.07) is 30.1. The molecule has 0 fully saturated rings. The molecule has 0 aliphatic carbocycles. The summed E-state index contributed by atoms with van der Waals surface area (Å²) in [5.74, 6) is -0.265. The third-order valence-electron chi connectivity index (χ3n) is 8.09. The van der Waals surface area contributed by atoms with Crippen molar-refractivity contribution in [1.29, 1.82) is 0 Å². The zero-order valence-corrected chi connectivity index (χ0v) is 27.7. The molecule has 7 aromatic rings. The van der Waals surface area contributed by atoms with Gasteiger partial charge in [0.1, 0.15) is 10.7 Å². The van der Waals surface area contributed by atoms with Crippen molar-refractivity contribution in [3.8, 4) is 21.9 Å². The number of nitrogens with one attached hydrogen (secondary N) is 1. The number of rotatable bonds is 7. The summed E-state index contributed by atoms with van der Waals surface area (Å²) in [5, 5.41) is 3.88. The minimum absolute atomic E-state index is 0.190. The molecule has 47 heavy (non-hydrogen) atoms. The van der Waals surface area contributed by atoms with Gasteiger partial charge in [-0.15, -0.1) is 11.3 Å². The van der Waals surface area contributed by atoms with Crippen LogP contribution in [0.25, 0.3) is 43.1 Å². The van der Waals surface area contributed by atoms with Gasteiger partial charge in [0, 0.05) is 18.3 Å². The van der Waals surface area contributed by atoms with E-state index in [2.05, 4.69) is 24.4 Å². The molecular formula is C36H30N6O3S2. The van der Waals surface area contributed by atoms with E-state index in [1.54, 1.807) is 61.2 Å². The summed E-state index contributed by atoms with van der Waals surface area (Å²) in [4.78, 5) is 51.0. The average Bonchev–Trinajstić information content (AvgIpc) is 3.59. The highest BCUT2D eigenvalue weighted by Crippen LogP contribution is 2.32. The van der Waals surface area contributed by atoms with Crippen LogP contribution in [0.15, 0.2) is 112 Å². The summed E-state index contributed by atoms with van der Waals surface area (Å²) >= 11 is 2.76. The van der Waals surface area contributed by atoms with E-state index in [0.717, 1.165) is 32.5 Å². The molecule has 0 saturated heterocycles. The van der Waals surface area contributed by atoms with Crippen LogP contribution < -0.4 is 16.4 Å². The van der Waals surface area contributed by atoms with Crippen LogP contribution in [0, 0.1) is 13.8 Å². The van der Waals surface area contributed by atoms with Crippen molar-refractivity contribution in [2.24, 2.45) is 7.05 Å². The van der Waals surface area contributed by atoms with E-state index in [0.29, 0.717) is 28.0 Å². The van der Waals surface area contributed by atoms with Gasteiger partial charge in [-0.05, 0) is 87.0 Å². The van der Waals surface area contributed by atoms with Crippen LogP contribution in [0.5, 0.6) is 0 Å². The molecule has 1 N–H and O–H groups in total. The van der Waals surface area contributed by atoms with Gasteiger partial charge in [-0.2, -0.15) is 0 Å². The molecule has 1 amide bonds. The van der Waals surface area contributed by atoms with Gasteiger partial charge in [0.25, 0.3) is 11.1 Å². The Hall–Kier alpha value is -5.26. The number of hydrogen-bond acceptors (Lipinski definition) is 7. The van der Waals surface area contributed by atoms with E-state index in [1.807, 2.05) is 60.7 Å². The van der Waals surface area contributed by atoms with Crippen LogP contribution >= 0.6 is 23.1 Å². The second-order valence-electron chi connectivity index (χ2n) is 11.3. The fourth-order valence-electron chi connectivity index (χ4n) is 5.51. The lowest BCUT2D eigenvalue weighted by Gasteiger charge is -2.16. The van der Waals surface area contributed by atoms with E-state index in [9.17, 15) is 14.4 Å². The quantitative estimate of drug-likeness (QED) is 0.148. The number of aryl methyl sites for hydroxylation is 1. The van der Waals surface area contributed by atoms with E-state index in [4.69, 9.17) is 9.97 Å². The summed E-state index contributed by atoms with van der Waals surface area (Å²) in [6.07, 6.45) is 0. The summed E-state index contributed by atoms with van der Waals surface area (Å²) in [6.45, 7) is 5.61. The molecule has 9 nitrogen and oxygen atoms in total. The molecule has 7 rings (SSSR count). The van der Waals surface area contributed by atoms with Crippen LogP contribution in [-0.4, -0.2) is 35.1 Å².